The minimum atomic E-state index is -3.67. The van der Waals surface area contributed by atoms with E-state index in [4.69, 9.17) is 0 Å². The zero-order valence-electron chi connectivity index (χ0n) is 2.71. The zero-order chi connectivity index (χ0) is 3.58. The first-order valence-electron chi connectivity index (χ1n) is 0.655. The first kappa shape index (κ1) is 16.1. The van der Waals surface area contributed by atoms with Crippen molar-refractivity contribution in [3.05, 3.63) is 0 Å². The Labute approximate surface area is 47.6 Å². The van der Waals surface area contributed by atoms with E-state index in [1.807, 2.05) is 0 Å². The Morgan fingerprint density at radius 1 is 0.833 bits per heavy atom. The lowest BCUT2D eigenvalue weighted by Crippen LogP contribution is -1.65. The van der Waals surface area contributed by atoms with Crippen molar-refractivity contribution in [1.82, 2.24) is 0 Å². The Morgan fingerprint density at radius 2 is 0.833 bits per heavy atom. The van der Waals surface area contributed by atoms with Crippen LogP contribution in [0.2, 0.25) is 0 Å². The van der Waals surface area contributed by atoms with Gasteiger partial charge in [0.15, 0.2) is 0 Å². The van der Waals surface area contributed by atoms with Crippen molar-refractivity contribution in [3.63, 3.8) is 0 Å². The lowest BCUT2D eigenvalue weighted by atomic mass is 11.6. The van der Waals surface area contributed by atoms with Gasteiger partial charge < -0.3 is 0 Å². The maximum Gasteiger partial charge on any atom is 0.379 e. The monoisotopic (exact) mass is 138 g/mol. The van der Waals surface area contributed by atoms with Crippen LogP contribution in [0.25, 0.3) is 0 Å². The molecule has 0 saturated carbocycles. The maximum atomic E-state index is 9.67. The molecule has 0 fully saturated rings. The van der Waals surface area contributed by atoms with Gasteiger partial charge in [-0.1, -0.05) is 0 Å². The first-order valence-corrected chi connectivity index (χ1v) is 0.655. The third-order valence-electron chi connectivity index (χ3n) is 0. The van der Waals surface area contributed by atoms with Crippen molar-refractivity contribution in [2.24, 2.45) is 0 Å². The molecule has 0 aromatic rings. The van der Waals surface area contributed by atoms with Crippen molar-refractivity contribution < 1.29 is 13.2 Å². The highest BCUT2D eigenvalue weighted by Crippen LogP contribution is 1.87. The molecule has 42 valence electrons. The van der Waals surface area contributed by atoms with E-state index in [0.717, 1.165) is 0 Å². The summed E-state index contributed by atoms with van der Waals surface area (Å²) < 4.78 is 29.0. The fourth-order valence-electron chi connectivity index (χ4n) is 0. The Morgan fingerprint density at radius 3 is 0.833 bits per heavy atom. The van der Waals surface area contributed by atoms with Gasteiger partial charge in [-0.05, 0) is 0 Å². The van der Waals surface area contributed by atoms with Gasteiger partial charge in [0.25, 0.3) is 0 Å². The third kappa shape index (κ3) is 228. The molecule has 0 N–H and O–H groups in total. The van der Waals surface area contributed by atoms with E-state index in [1.54, 1.807) is 0 Å². The van der Waals surface area contributed by atoms with Crippen LogP contribution in [0.1, 0.15) is 0 Å². The van der Waals surface area contributed by atoms with Gasteiger partial charge in [0.05, 0.1) is 0 Å². The minimum Gasteiger partial charge on any atom is -0.197 e. The molecule has 0 aliphatic carbocycles. The molecule has 0 nitrogen and oxygen atoms in total. The first-order chi connectivity index (χ1) is 1.73. The predicted octanol–water partition coefficient (Wildman–Crippen LogP) is 1.40. The van der Waals surface area contributed by atoms with Crippen LogP contribution in [0, 0.1) is 0 Å². The molecule has 6 heavy (non-hydrogen) atoms. The van der Waals surface area contributed by atoms with E-state index in [9.17, 15) is 13.2 Å². The quantitative estimate of drug-likeness (QED) is 0.474. The normalized spacial score (nSPS) is 6.00. The van der Waals surface area contributed by atoms with Crippen LogP contribution < -0.4 is 0 Å². The molecule has 0 aromatic carbocycles. The van der Waals surface area contributed by atoms with Gasteiger partial charge in [-0.2, -0.15) is 40.2 Å². The van der Waals surface area contributed by atoms with Crippen LogP contribution in [0.4, 0.5) is 13.2 Å². The molecule has 0 bridgehead atoms. The van der Waals surface area contributed by atoms with Gasteiger partial charge in [0, 0.05) is 0 Å². The van der Waals surface area contributed by atoms with E-state index in [-0.39, 0.29) is 27.0 Å². The SMILES string of the molecule is FC(F)F.S.S. The van der Waals surface area contributed by atoms with E-state index in [2.05, 4.69) is 0 Å². The molecule has 0 unspecified atom stereocenters. The number of rotatable bonds is 0. The fraction of sp³-hybridized carbons (Fsp3) is 1.00. The highest BCUT2D eigenvalue weighted by molar-refractivity contribution is 7.59. The van der Waals surface area contributed by atoms with Gasteiger partial charge in [-0.3, -0.25) is 0 Å². The molecule has 0 amide bonds. The van der Waals surface area contributed by atoms with Crippen LogP contribution in [0.3, 0.4) is 0 Å². The van der Waals surface area contributed by atoms with Crippen molar-refractivity contribution in [2.75, 3.05) is 0 Å². The second-order valence-corrected chi connectivity index (χ2v) is 0.247. The Kier molecular flexibility index (Phi) is 24.3. The summed E-state index contributed by atoms with van der Waals surface area (Å²) in [4.78, 5) is 0. The topological polar surface area (TPSA) is 0 Å². The summed E-state index contributed by atoms with van der Waals surface area (Å²) in [5, 5.41) is 0. The summed E-state index contributed by atoms with van der Waals surface area (Å²) in [6, 6.07) is 0. The van der Waals surface area contributed by atoms with E-state index in [0.29, 0.717) is 0 Å². The molecule has 0 saturated heterocycles. The highest BCUT2D eigenvalue weighted by atomic mass is 32.1. The smallest absolute Gasteiger partial charge is 0.197 e. The lowest BCUT2D eigenvalue weighted by molar-refractivity contribution is 0.00819. The average molecular weight is 138 g/mol. The Balaban J connectivity index is -0.0000000450. The summed E-state index contributed by atoms with van der Waals surface area (Å²) in [6.07, 6.45) is 0. The van der Waals surface area contributed by atoms with Crippen molar-refractivity contribution in [3.8, 4) is 0 Å². The summed E-state index contributed by atoms with van der Waals surface area (Å²) in [7, 11) is 0. The molecule has 0 aliphatic rings. The molecule has 0 heterocycles. The molecular formula is CH5F3S2. The van der Waals surface area contributed by atoms with Crippen LogP contribution in [0.5, 0.6) is 0 Å². The average Bonchev–Trinajstić information content (AvgIpc) is 0.811. The van der Waals surface area contributed by atoms with Crippen molar-refractivity contribution in [1.29, 1.82) is 0 Å². The second kappa shape index (κ2) is 9.09. The molecule has 0 radical (unpaired) electrons. The van der Waals surface area contributed by atoms with E-state index in [1.165, 1.54) is 0 Å². The molecular weight excluding hydrogens is 133 g/mol. The molecule has 0 rings (SSSR count). The molecule has 5 heteroatoms. The number of hydrogen-bond acceptors (Lipinski definition) is 0. The summed E-state index contributed by atoms with van der Waals surface area (Å²) in [5.41, 5.74) is 0. The number of alkyl halides is 3. The van der Waals surface area contributed by atoms with E-state index < -0.39 is 6.68 Å². The standard InChI is InChI=1S/CHF3.2H2S/c2-1(3)4;;/h1H;2*1H2. The molecule has 0 atom stereocenters. The van der Waals surface area contributed by atoms with Crippen molar-refractivity contribution in [2.45, 2.75) is 6.68 Å². The number of hydrogen-bond donors (Lipinski definition) is 0. The van der Waals surface area contributed by atoms with Gasteiger partial charge >= 0.3 is 6.68 Å². The summed E-state index contributed by atoms with van der Waals surface area (Å²) in [5.74, 6) is 0. The predicted molar refractivity (Wildman–Crippen MR) is 27.9 cm³/mol. The second-order valence-electron chi connectivity index (χ2n) is 0.247. The van der Waals surface area contributed by atoms with E-state index >= 15 is 0 Å². The Hall–Kier alpha value is 0.490. The van der Waals surface area contributed by atoms with Crippen LogP contribution in [-0.2, 0) is 0 Å². The largest absolute Gasteiger partial charge is 0.379 e. The maximum absolute atomic E-state index is 9.67. The van der Waals surface area contributed by atoms with Crippen LogP contribution in [0.15, 0.2) is 0 Å². The van der Waals surface area contributed by atoms with Crippen molar-refractivity contribution >= 4 is 27.0 Å². The highest BCUT2D eigenvalue weighted by Gasteiger charge is 1.86. The summed E-state index contributed by atoms with van der Waals surface area (Å²) in [6.45, 7) is -3.67. The minimum absolute atomic E-state index is 0. The lowest BCUT2D eigenvalue weighted by Gasteiger charge is -1.65. The molecule has 0 spiro atoms. The van der Waals surface area contributed by atoms with Gasteiger partial charge in [0.1, 0.15) is 0 Å². The van der Waals surface area contributed by atoms with Gasteiger partial charge in [-0.15, -0.1) is 0 Å². The van der Waals surface area contributed by atoms with Gasteiger partial charge in [0.2, 0.25) is 0 Å². The Bertz CT molecular complexity index is 13.5. The third-order valence-corrected chi connectivity index (χ3v) is 0. The summed E-state index contributed by atoms with van der Waals surface area (Å²) >= 11 is 0. The zero-order valence-corrected chi connectivity index (χ0v) is 4.71. The fourth-order valence-corrected chi connectivity index (χ4v) is 0. The molecule has 0 aliphatic heterocycles. The van der Waals surface area contributed by atoms with Crippen LogP contribution in [-0.4, -0.2) is 6.68 Å². The van der Waals surface area contributed by atoms with Gasteiger partial charge in [-0.25, -0.2) is 0 Å². The molecule has 0 aromatic heterocycles. The van der Waals surface area contributed by atoms with Crippen LogP contribution >= 0.6 is 27.0 Å². The number of halogens is 3.